The topological polar surface area (TPSA) is 32.3 Å². The van der Waals surface area contributed by atoms with Gasteiger partial charge < -0.3 is 10.4 Å². The summed E-state index contributed by atoms with van der Waals surface area (Å²) in [5.74, 6) is 0.460. The zero-order valence-electron chi connectivity index (χ0n) is 11.0. The van der Waals surface area contributed by atoms with Gasteiger partial charge in [0, 0.05) is 12.6 Å². The zero-order chi connectivity index (χ0) is 12.5. The highest BCUT2D eigenvalue weighted by Crippen LogP contribution is 2.45. The Balaban J connectivity index is 2.02. The molecule has 1 aliphatic rings. The van der Waals surface area contributed by atoms with Crippen molar-refractivity contribution in [3.8, 4) is 0 Å². The lowest BCUT2D eigenvalue weighted by molar-refractivity contribution is 0.0330. The molecule has 1 atom stereocenters. The third-order valence-corrected chi connectivity index (χ3v) is 3.63. The molecule has 2 N–H and O–H groups in total. The van der Waals surface area contributed by atoms with Gasteiger partial charge in [0.1, 0.15) is 0 Å². The zero-order valence-corrected chi connectivity index (χ0v) is 11.0. The summed E-state index contributed by atoms with van der Waals surface area (Å²) in [4.78, 5) is 0. The first kappa shape index (κ1) is 12.6. The van der Waals surface area contributed by atoms with E-state index in [1.165, 1.54) is 5.56 Å². The maximum absolute atomic E-state index is 10.4. The van der Waals surface area contributed by atoms with Gasteiger partial charge in [-0.15, -0.1) is 0 Å². The molecular formula is C15H23NO. The summed E-state index contributed by atoms with van der Waals surface area (Å²) >= 11 is 0. The highest BCUT2D eigenvalue weighted by molar-refractivity contribution is 5.28. The third kappa shape index (κ3) is 3.08. The molecule has 0 aliphatic heterocycles. The van der Waals surface area contributed by atoms with Gasteiger partial charge in [0.25, 0.3) is 0 Å². The predicted molar refractivity (Wildman–Crippen MR) is 70.7 cm³/mol. The number of hydrogen-bond donors (Lipinski definition) is 2. The monoisotopic (exact) mass is 233 g/mol. The van der Waals surface area contributed by atoms with Gasteiger partial charge in [-0.1, -0.05) is 38.1 Å². The highest BCUT2D eigenvalue weighted by Gasteiger charge is 2.40. The van der Waals surface area contributed by atoms with Crippen LogP contribution < -0.4 is 5.32 Å². The number of nitrogens with one attached hydrogen (secondary N) is 1. The molecule has 2 nitrogen and oxygen atoms in total. The van der Waals surface area contributed by atoms with E-state index >= 15 is 0 Å². The van der Waals surface area contributed by atoms with E-state index < -0.39 is 5.60 Å². The molecule has 0 radical (unpaired) electrons. The Labute approximate surface area is 104 Å². The van der Waals surface area contributed by atoms with E-state index in [2.05, 4.69) is 43.4 Å². The maximum Gasteiger partial charge on any atom is 0.0896 e. The smallest absolute Gasteiger partial charge is 0.0896 e. The first-order valence-electron chi connectivity index (χ1n) is 6.55. The summed E-state index contributed by atoms with van der Waals surface area (Å²) < 4.78 is 0. The molecule has 1 aromatic carbocycles. The first-order chi connectivity index (χ1) is 8.00. The molecule has 0 aromatic heterocycles. The van der Waals surface area contributed by atoms with E-state index in [1.807, 2.05) is 6.92 Å². The largest absolute Gasteiger partial charge is 0.385 e. The average molecular weight is 233 g/mol. The lowest BCUT2D eigenvalue weighted by Gasteiger charge is -2.23. The molecule has 2 heteroatoms. The van der Waals surface area contributed by atoms with Crippen LogP contribution in [0.3, 0.4) is 0 Å². The number of benzene rings is 1. The van der Waals surface area contributed by atoms with Crippen molar-refractivity contribution in [2.24, 2.45) is 5.92 Å². The van der Waals surface area contributed by atoms with Gasteiger partial charge in [0.15, 0.2) is 0 Å². The van der Waals surface area contributed by atoms with E-state index in [0.717, 1.165) is 24.9 Å². The molecule has 0 amide bonds. The van der Waals surface area contributed by atoms with E-state index in [9.17, 15) is 5.11 Å². The SMILES string of the molecule is CC(C)NCc1ccc(C(C)(O)C2CC2)cc1. The van der Waals surface area contributed by atoms with Gasteiger partial charge in [0.05, 0.1) is 5.60 Å². The molecule has 0 bridgehead atoms. The van der Waals surface area contributed by atoms with Gasteiger partial charge in [-0.25, -0.2) is 0 Å². The molecule has 0 spiro atoms. The molecule has 1 fully saturated rings. The molecule has 1 aromatic rings. The minimum Gasteiger partial charge on any atom is -0.385 e. The Bertz CT molecular complexity index is 363. The molecule has 94 valence electrons. The summed E-state index contributed by atoms with van der Waals surface area (Å²) in [7, 11) is 0. The standard InChI is InChI=1S/C15H23NO/c1-11(2)16-10-12-4-6-13(7-5-12)15(3,17)14-8-9-14/h4-7,11,14,16-17H,8-10H2,1-3H3. The van der Waals surface area contributed by atoms with E-state index in [1.54, 1.807) is 0 Å². The fourth-order valence-corrected chi connectivity index (χ4v) is 2.16. The lowest BCUT2D eigenvalue weighted by atomic mass is 9.90. The Morgan fingerprint density at radius 2 is 1.88 bits per heavy atom. The summed E-state index contributed by atoms with van der Waals surface area (Å²) in [5.41, 5.74) is 1.69. The van der Waals surface area contributed by atoms with Crippen LogP contribution in [0, 0.1) is 5.92 Å². The minimum absolute atomic E-state index is 0.460. The van der Waals surface area contributed by atoms with Crippen LogP contribution in [0.1, 0.15) is 44.7 Å². The highest BCUT2D eigenvalue weighted by atomic mass is 16.3. The van der Waals surface area contributed by atoms with Crippen LogP contribution >= 0.6 is 0 Å². The summed E-state index contributed by atoms with van der Waals surface area (Å²) in [5, 5.41) is 13.8. The quantitative estimate of drug-likeness (QED) is 0.819. The molecular weight excluding hydrogens is 210 g/mol. The number of hydrogen-bond acceptors (Lipinski definition) is 2. The Morgan fingerprint density at radius 1 is 1.29 bits per heavy atom. The van der Waals surface area contributed by atoms with Crippen LogP contribution in [0.5, 0.6) is 0 Å². The Morgan fingerprint density at radius 3 is 2.35 bits per heavy atom. The Kier molecular flexibility index (Phi) is 3.55. The van der Waals surface area contributed by atoms with Crippen molar-refractivity contribution in [2.75, 3.05) is 0 Å². The summed E-state index contributed by atoms with van der Waals surface area (Å²) in [6.07, 6.45) is 2.31. The normalized spacial score (nSPS) is 19.4. The predicted octanol–water partition coefficient (Wildman–Crippen LogP) is 2.80. The molecule has 0 saturated heterocycles. The second kappa shape index (κ2) is 4.79. The van der Waals surface area contributed by atoms with Gasteiger partial charge >= 0.3 is 0 Å². The maximum atomic E-state index is 10.4. The molecule has 2 rings (SSSR count). The molecule has 1 unspecified atom stereocenters. The molecule has 1 aliphatic carbocycles. The fourth-order valence-electron chi connectivity index (χ4n) is 2.16. The lowest BCUT2D eigenvalue weighted by Crippen LogP contribution is -2.24. The van der Waals surface area contributed by atoms with Crippen LogP contribution in [0.25, 0.3) is 0 Å². The van der Waals surface area contributed by atoms with Crippen LogP contribution in [-0.4, -0.2) is 11.1 Å². The first-order valence-corrected chi connectivity index (χ1v) is 6.55. The van der Waals surface area contributed by atoms with Crippen molar-refractivity contribution in [1.29, 1.82) is 0 Å². The van der Waals surface area contributed by atoms with Crippen LogP contribution in [-0.2, 0) is 12.1 Å². The second-order valence-electron chi connectivity index (χ2n) is 5.65. The number of aliphatic hydroxyl groups is 1. The van der Waals surface area contributed by atoms with Crippen LogP contribution in [0.4, 0.5) is 0 Å². The van der Waals surface area contributed by atoms with Crippen LogP contribution in [0.2, 0.25) is 0 Å². The second-order valence-corrected chi connectivity index (χ2v) is 5.65. The third-order valence-electron chi connectivity index (χ3n) is 3.63. The summed E-state index contributed by atoms with van der Waals surface area (Å²) in [6.45, 7) is 7.12. The van der Waals surface area contributed by atoms with Crippen LogP contribution in [0.15, 0.2) is 24.3 Å². The average Bonchev–Trinajstić information content (AvgIpc) is 3.11. The van der Waals surface area contributed by atoms with E-state index in [0.29, 0.717) is 12.0 Å². The Hall–Kier alpha value is -0.860. The van der Waals surface area contributed by atoms with Gasteiger partial charge in [-0.2, -0.15) is 0 Å². The number of rotatable bonds is 5. The van der Waals surface area contributed by atoms with Gasteiger partial charge in [-0.05, 0) is 36.8 Å². The van der Waals surface area contributed by atoms with Crippen molar-refractivity contribution in [2.45, 2.75) is 51.8 Å². The molecule has 17 heavy (non-hydrogen) atoms. The van der Waals surface area contributed by atoms with E-state index in [-0.39, 0.29) is 0 Å². The van der Waals surface area contributed by atoms with Crippen molar-refractivity contribution < 1.29 is 5.11 Å². The summed E-state index contributed by atoms with van der Waals surface area (Å²) in [6, 6.07) is 8.86. The minimum atomic E-state index is -0.635. The van der Waals surface area contributed by atoms with Crippen molar-refractivity contribution in [3.63, 3.8) is 0 Å². The van der Waals surface area contributed by atoms with Gasteiger partial charge in [-0.3, -0.25) is 0 Å². The van der Waals surface area contributed by atoms with Gasteiger partial charge in [0.2, 0.25) is 0 Å². The van der Waals surface area contributed by atoms with Crippen molar-refractivity contribution >= 4 is 0 Å². The molecule has 0 heterocycles. The fraction of sp³-hybridized carbons (Fsp3) is 0.600. The van der Waals surface area contributed by atoms with E-state index in [4.69, 9.17) is 0 Å². The van der Waals surface area contributed by atoms with Crippen molar-refractivity contribution in [1.82, 2.24) is 5.32 Å². The molecule has 1 saturated carbocycles. The van der Waals surface area contributed by atoms with Crippen molar-refractivity contribution in [3.05, 3.63) is 35.4 Å².